The molecule has 0 spiro atoms. The van der Waals surface area contributed by atoms with Gasteiger partial charge in [0, 0.05) is 31.6 Å². The molecule has 5 rings (SSSR count). The number of rotatable bonds is 6. The van der Waals surface area contributed by atoms with Gasteiger partial charge in [-0.05, 0) is 36.2 Å². The van der Waals surface area contributed by atoms with Crippen LogP contribution in [0.5, 0.6) is 5.75 Å². The van der Waals surface area contributed by atoms with Gasteiger partial charge in [-0.25, -0.2) is 23.6 Å². The Hall–Kier alpha value is -4.51. The molecule has 2 fully saturated rings. The molecule has 0 saturated carbocycles. The lowest BCUT2D eigenvalue weighted by Gasteiger charge is -2.55. The molecule has 0 unspecified atom stereocenters. The fourth-order valence-electron chi connectivity index (χ4n) is 5.53. The lowest BCUT2D eigenvalue weighted by atomic mass is 9.96. The van der Waals surface area contributed by atoms with Crippen molar-refractivity contribution in [1.29, 1.82) is 0 Å². The van der Waals surface area contributed by atoms with Gasteiger partial charge in [0.15, 0.2) is 0 Å². The predicted molar refractivity (Wildman–Crippen MR) is 146 cm³/mol. The zero-order chi connectivity index (χ0) is 29.3. The van der Waals surface area contributed by atoms with Crippen molar-refractivity contribution in [3.05, 3.63) is 101 Å². The number of amides is 4. The van der Waals surface area contributed by atoms with E-state index < -0.39 is 41.8 Å². The van der Waals surface area contributed by atoms with Crippen molar-refractivity contribution in [3.8, 4) is 5.75 Å². The molecule has 3 atom stereocenters. The van der Waals surface area contributed by atoms with E-state index in [1.807, 2.05) is 30.3 Å². The molecule has 2 saturated heterocycles. The molecule has 214 valence electrons. The number of carbonyl (C=O) groups excluding carboxylic acids is 3. The Labute approximate surface area is 236 Å². The first-order valence-corrected chi connectivity index (χ1v) is 13.3. The summed E-state index contributed by atoms with van der Waals surface area (Å²) < 4.78 is 28.5. The first kappa shape index (κ1) is 28.0. The third-order valence-electron chi connectivity index (χ3n) is 7.63. The Kier molecular flexibility index (Phi) is 7.89. The molecular formula is C30H31F2N5O4. The van der Waals surface area contributed by atoms with Crippen molar-refractivity contribution in [1.82, 2.24) is 25.1 Å². The minimum atomic E-state index is -1.00. The Balaban J connectivity index is 1.50. The standard InChI is InChI=1S/C30H31F2N5O4/c1-19(24-13-10-22(31)15-25(24)32)35-17-27-36(26(29(35)40)14-20-8-11-23(38)12-9-20)28(39)18-34(2)37(27)30(41)33-16-21-6-4-3-5-7-21/h3-13,15,19,26-27,38H,14,16-18H2,1-2H3,(H,33,41)/t19-,26+,27-/m1/s1. The van der Waals surface area contributed by atoms with Crippen LogP contribution in [0.15, 0.2) is 72.8 Å². The third kappa shape index (κ3) is 5.71. The molecule has 41 heavy (non-hydrogen) atoms. The molecular weight excluding hydrogens is 532 g/mol. The molecule has 0 aliphatic carbocycles. The summed E-state index contributed by atoms with van der Waals surface area (Å²) in [5.74, 6) is -2.23. The quantitative estimate of drug-likeness (QED) is 0.479. The number of nitrogens with zero attached hydrogens (tertiary/aromatic N) is 4. The number of benzene rings is 3. The third-order valence-corrected chi connectivity index (χ3v) is 7.63. The number of carbonyl (C=O) groups is 3. The normalized spacial score (nSPS) is 20.1. The number of urea groups is 1. The van der Waals surface area contributed by atoms with Crippen LogP contribution in [0.2, 0.25) is 0 Å². The summed E-state index contributed by atoms with van der Waals surface area (Å²) in [6.07, 6.45) is -0.776. The molecule has 0 aromatic heterocycles. The van der Waals surface area contributed by atoms with E-state index in [1.54, 1.807) is 26.1 Å². The Morgan fingerprint density at radius 2 is 1.73 bits per heavy atom. The number of piperazine rings is 1. The lowest BCUT2D eigenvalue weighted by molar-refractivity contribution is -0.189. The van der Waals surface area contributed by atoms with Crippen LogP contribution in [0.4, 0.5) is 13.6 Å². The molecule has 2 heterocycles. The zero-order valence-electron chi connectivity index (χ0n) is 22.7. The topological polar surface area (TPSA) is 96.4 Å². The van der Waals surface area contributed by atoms with E-state index in [1.165, 1.54) is 38.0 Å². The summed E-state index contributed by atoms with van der Waals surface area (Å²) >= 11 is 0. The average molecular weight is 564 g/mol. The maximum atomic E-state index is 14.8. The molecule has 3 aromatic carbocycles. The number of fused-ring (bicyclic) bond motifs is 1. The van der Waals surface area contributed by atoms with Gasteiger partial charge in [-0.1, -0.05) is 48.5 Å². The summed E-state index contributed by atoms with van der Waals surface area (Å²) in [6.45, 7) is 1.67. The van der Waals surface area contributed by atoms with Gasteiger partial charge >= 0.3 is 6.03 Å². The number of phenolic OH excluding ortho intramolecular Hbond substituents is 1. The van der Waals surface area contributed by atoms with Crippen molar-refractivity contribution in [3.63, 3.8) is 0 Å². The second-order valence-corrected chi connectivity index (χ2v) is 10.3. The number of hydrogen-bond acceptors (Lipinski definition) is 5. The van der Waals surface area contributed by atoms with Crippen LogP contribution in [0, 0.1) is 11.6 Å². The fraction of sp³-hybridized carbons (Fsp3) is 0.300. The van der Waals surface area contributed by atoms with E-state index in [-0.39, 0.29) is 43.3 Å². The second-order valence-electron chi connectivity index (χ2n) is 10.3. The van der Waals surface area contributed by atoms with Crippen molar-refractivity contribution in [2.45, 2.75) is 38.1 Å². The van der Waals surface area contributed by atoms with Crippen molar-refractivity contribution in [2.75, 3.05) is 20.1 Å². The molecule has 0 radical (unpaired) electrons. The SMILES string of the molecule is C[C@H](c1ccc(F)cc1F)N1C[C@@H]2N(C(=O)CN(C)N2C(=O)NCc2ccccc2)[C@@H](Cc2ccc(O)cc2)C1=O. The Bertz CT molecular complexity index is 1440. The summed E-state index contributed by atoms with van der Waals surface area (Å²) in [5, 5.41) is 15.6. The number of aromatic hydroxyl groups is 1. The number of hydrazine groups is 1. The minimum Gasteiger partial charge on any atom is -0.508 e. The smallest absolute Gasteiger partial charge is 0.334 e. The van der Waals surface area contributed by atoms with E-state index in [4.69, 9.17) is 0 Å². The molecule has 2 aliphatic heterocycles. The van der Waals surface area contributed by atoms with Crippen molar-refractivity contribution >= 4 is 17.8 Å². The molecule has 3 aromatic rings. The van der Waals surface area contributed by atoms with Gasteiger partial charge in [-0.15, -0.1) is 0 Å². The van der Waals surface area contributed by atoms with Gasteiger partial charge in [0.1, 0.15) is 29.6 Å². The highest BCUT2D eigenvalue weighted by Crippen LogP contribution is 2.33. The van der Waals surface area contributed by atoms with E-state index in [0.29, 0.717) is 5.56 Å². The zero-order valence-corrected chi connectivity index (χ0v) is 22.7. The average Bonchev–Trinajstić information content (AvgIpc) is 2.94. The van der Waals surface area contributed by atoms with Gasteiger partial charge < -0.3 is 20.2 Å². The molecule has 9 nitrogen and oxygen atoms in total. The van der Waals surface area contributed by atoms with E-state index in [9.17, 15) is 28.3 Å². The van der Waals surface area contributed by atoms with Crippen LogP contribution < -0.4 is 5.32 Å². The highest BCUT2D eigenvalue weighted by Gasteiger charge is 2.51. The van der Waals surface area contributed by atoms with Crippen LogP contribution in [0.3, 0.4) is 0 Å². The van der Waals surface area contributed by atoms with Crippen LogP contribution in [-0.2, 0) is 22.6 Å². The monoisotopic (exact) mass is 563 g/mol. The number of halogens is 2. The number of likely N-dealkylation sites (N-methyl/N-ethyl adjacent to an activating group) is 1. The van der Waals surface area contributed by atoms with E-state index in [2.05, 4.69) is 5.32 Å². The predicted octanol–water partition coefficient (Wildman–Crippen LogP) is 3.41. The van der Waals surface area contributed by atoms with Crippen molar-refractivity contribution in [2.24, 2.45) is 0 Å². The largest absolute Gasteiger partial charge is 0.508 e. The van der Waals surface area contributed by atoms with Crippen LogP contribution in [0.1, 0.15) is 29.7 Å². The Morgan fingerprint density at radius 1 is 1.02 bits per heavy atom. The van der Waals surface area contributed by atoms with Crippen LogP contribution in [-0.4, -0.2) is 75.1 Å². The summed E-state index contributed by atoms with van der Waals surface area (Å²) in [5.41, 5.74) is 1.70. The fourth-order valence-corrected chi connectivity index (χ4v) is 5.53. The van der Waals surface area contributed by atoms with Crippen molar-refractivity contribution < 1.29 is 28.3 Å². The minimum absolute atomic E-state index is 0.0561. The van der Waals surface area contributed by atoms with Gasteiger partial charge in [0.05, 0.1) is 19.1 Å². The highest BCUT2D eigenvalue weighted by molar-refractivity contribution is 5.92. The lowest BCUT2D eigenvalue weighted by Crippen LogP contribution is -2.76. The van der Waals surface area contributed by atoms with Crippen LogP contribution >= 0.6 is 0 Å². The van der Waals surface area contributed by atoms with Gasteiger partial charge in [0.2, 0.25) is 11.8 Å². The number of hydrogen-bond donors (Lipinski definition) is 2. The van der Waals surface area contributed by atoms with Crippen LogP contribution in [0.25, 0.3) is 0 Å². The first-order valence-electron chi connectivity index (χ1n) is 13.3. The van der Waals surface area contributed by atoms with Gasteiger partial charge in [0.25, 0.3) is 0 Å². The summed E-state index contributed by atoms with van der Waals surface area (Å²) in [6, 6.07) is 16.6. The van der Waals surface area contributed by atoms with Gasteiger partial charge in [-0.3, -0.25) is 9.59 Å². The molecule has 4 amide bonds. The Morgan fingerprint density at radius 3 is 2.41 bits per heavy atom. The summed E-state index contributed by atoms with van der Waals surface area (Å²) in [7, 11) is 1.62. The number of nitrogens with one attached hydrogen (secondary N) is 1. The maximum Gasteiger partial charge on any atom is 0.334 e. The first-order chi connectivity index (χ1) is 19.6. The highest BCUT2D eigenvalue weighted by atomic mass is 19.1. The molecule has 11 heteroatoms. The summed E-state index contributed by atoms with van der Waals surface area (Å²) in [4.78, 5) is 43.9. The van der Waals surface area contributed by atoms with E-state index >= 15 is 0 Å². The van der Waals surface area contributed by atoms with E-state index in [0.717, 1.165) is 17.7 Å². The maximum absolute atomic E-state index is 14.8. The molecule has 2 aliphatic rings. The second kappa shape index (κ2) is 11.5. The number of phenols is 1. The molecule has 2 N–H and O–H groups in total. The van der Waals surface area contributed by atoms with Gasteiger partial charge in [-0.2, -0.15) is 0 Å². The molecule has 0 bridgehead atoms.